The van der Waals surface area contributed by atoms with E-state index in [0.717, 1.165) is 17.8 Å². The lowest BCUT2D eigenvalue weighted by atomic mass is 9.96. The molecule has 0 bridgehead atoms. The fourth-order valence-electron chi connectivity index (χ4n) is 5.24. The number of aromatic nitrogens is 2. The molecule has 1 aliphatic heterocycles. The molecule has 3 heterocycles. The van der Waals surface area contributed by atoms with Gasteiger partial charge in [0.15, 0.2) is 5.11 Å². The van der Waals surface area contributed by atoms with Crippen molar-refractivity contribution < 1.29 is 4.74 Å². The van der Waals surface area contributed by atoms with Crippen molar-refractivity contribution in [2.75, 3.05) is 12.0 Å². The zero-order chi connectivity index (χ0) is 25.4. The molecule has 2 aromatic heterocycles. The molecule has 1 saturated heterocycles. The number of methoxy groups -OCH3 is 1. The Balaban J connectivity index is 1.69. The van der Waals surface area contributed by atoms with Gasteiger partial charge in [-0.3, -0.25) is 4.98 Å². The van der Waals surface area contributed by atoms with E-state index in [1.54, 1.807) is 7.11 Å². The maximum atomic E-state index is 6.55. The zero-order valence-corrected chi connectivity index (χ0v) is 22.4. The number of hydrogen-bond donors (Lipinski definition) is 1. The molecule has 2 aromatic carbocycles. The predicted octanol–water partition coefficient (Wildman–Crippen LogP) is 6.89. The Morgan fingerprint density at radius 1 is 1.06 bits per heavy atom. The van der Waals surface area contributed by atoms with Crippen LogP contribution in [-0.2, 0) is 6.42 Å². The van der Waals surface area contributed by atoms with Gasteiger partial charge in [-0.15, -0.1) is 0 Å². The summed E-state index contributed by atoms with van der Waals surface area (Å²) in [6.45, 7) is 6.54. The van der Waals surface area contributed by atoms with Crippen LogP contribution in [0.15, 0.2) is 72.9 Å². The Kier molecular flexibility index (Phi) is 6.73. The van der Waals surface area contributed by atoms with Crippen LogP contribution in [0, 0.1) is 13.8 Å². The van der Waals surface area contributed by atoms with Gasteiger partial charge in [0.25, 0.3) is 0 Å². The van der Waals surface area contributed by atoms with Crippen LogP contribution in [0.1, 0.15) is 47.2 Å². The van der Waals surface area contributed by atoms with E-state index in [4.69, 9.17) is 28.6 Å². The molecule has 0 spiro atoms. The van der Waals surface area contributed by atoms with E-state index >= 15 is 0 Å². The Morgan fingerprint density at radius 2 is 1.83 bits per heavy atom. The summed E-state index contributed by atoms with van der Waals surface area (Å²) in [5.41, 5.74) is 7.90. The number of nitrogens with one attached hydrogen (secondary N) is 1. The van der Waals surface area contributed by atoms with Gasteiger partial charge in [0, 0.05) is 29.0 Å². The molecule has 0 saturated carbocycles. The third-order valence-electron chi connectivity index (χ3n) is 6.91. The lowest BCUT2D eigenvalue weighted by Crippen LogP contribution is -2.29. The Hall–Kier alpha value is -3.35. The molecule has 5 rings (SSSR count). The molecule has 0 radical (unpaired) electrons. The third kappa shape index (κ3) is 4.14. The molecule has 184 valence electrons. The third-order valence-corrected chi connectivity index (χ3v) is 7.52. The van der Waals surface area contributed by atoms with Crippen LogP contribution in [-0.4, -0.2) is 21.8 Å². The number of hydrogen-bond acceptors (Lipinski definition) is 3. The molecule has 1 fully saturated rings. The SMILES string of the molecule is CCc1ccccc1-n1c(C)cc([C@H]2[C@@H](c3ccccn3)NC(=S)N2c2ccc(OC)c(Cl)c2)c1C. The summed E-state index contributed by atoms with van der Waals surface area (Å²) in [6.07, 6.45) is 2.79. The van der Waals surface area contributed by atoms with Gasteiger partial charge in [-0.1, -0.05) is 42.8 Å². The van der Waals surface area contributed by atoms with Gasteiger partial charge in [-0.05, 0) is 86.1 Å². The van der Waals surface area contributed by atoms with Gasteiger partial charge in [0.05, 0.1) is 29.9 Å². The number of aryl methyl sites for hydroxylation is 2. The van der Waals surface area contributed by atoms with Crippen LogP contribution < -0.4 is 15.0 Å². The molecule has 0 amide bonds. The second-order valence-electron chi connectivity index (χ2n) is 8.96. The van der Waals surface area contributed by atoms with Gasteiger partial charge in [0.2, 0.25) is 0 Å². The summed E-state index contributed by atoms with van der Waals surface area (Å²) in [5, 5.41) is 4.72. The number of para-hydroxylation sites is 1. The van der Waals surface area contributed by atoms with E-state index in [2.05, 4.69) is 70.9 Å². The highest BCUT2D eigenvalue weighted by molar-refractivity contribution is 7.80. The average molecular weight is 517 g/mol. The number of ether oxygens (including phenoxy) is 1. The minimum absolute atomic E-state index is 0.120. The molecule has 0 unspecified atom stereocenters. The van der Waals surface area contributed by atoms with Gasteiger partial charge >= 0.3 is 0 Å². The van der Waals surface area contributed by atoms with Crippen molar-refractivity contribution in [2.24, 2.45) is 0 Å². The van der Waals surface area contributed by atoms with E-state index in [0.29, 0.717) is 15.9 Å². The van der Waals surface area contributed by atoms with E-state index in [1.807, 2.05) is 42.6 Å². The van der Waals surface area contributed by atoms with E-state index in [-0.39, 0.29) is 12.1 Å². The van der Waals surface area contributed by atoms with Crippen LogP contribution >= 0.6 is 23.8 Å². The zero-order valence-electron chi connectivity index (χ0n) is 20.8. The number of nitrogens with zero attached hydrogens (tertiary/aromatic N) is 3. The van der Waals surface area contributed by atoms with Crippen LogP contribution in [0.4, 0.5) is 5.69 Å². The summed E-state index contributed by atoms with van der Waals surface area (Å²) >= 11 is 12.4. The quantitative estimate of drug-likeness (QED) is 0.283. The number of pyridine rings is 1. The standard InChI is InChI=1S/C29H29ClN4OS/c1-5-20-10-6-7-12-25(20)33-18(2)16-22(19(33)3)28-27(24-11-8-9-15-31-24)32-29(36)34(28)21-13-14-26(35-4)23(30)17-21/h6-17,27-28H,5H2,1-4H3,(H,32,36)/t27-,28+/m1/s1. The topological polar surface area (TPSA) is 42.3 Å². The van der Waals surface area contributed by atoms with Gasteiger partial charge < -0.3 is 19.5 Å². The normalized spacial score (nSPS) is 17.4. The van der Waals surface area contributed by atoms with E-state index in [1.165, 1.54) is 28.2 Å². The highest BCUT2D eigenvalue weighted by Gasteiger charge is 2.42. The Morgan fingerprint density at radius 3 is 2.53 bits per heavy atom. The smallest absolute Gasteiger partial charge is 0.174 e. The Labute approximate surface area is 222 Å². The number of halogens is 1. The fourth-order valence-corrected chi connectivity index (χ4v) is 5.84. The van der Waals surface area contributed by atoms with Crippen LogP contribution in [0.3, 0.4) is 0 Å². The molecular formula is C29H29ClN4OS. The largest absolute Gasteiger partial charge is 0.495 e. The second-order valence-corrected chi connectivity index (χ2v) is 9.75. The van der Waals surface area contributed by atoms with Crippen LogP contribution in [0.25, 0.3) is 5.69 Å². The molecule has 5 nitrogen and oxygen atoms in total. The Bertz CT molecular complexity index is 1420. The fraction of sp³-hybridized carbons (Fsp3) is 0.241. The average Bonchev–Trinajstić information content (AvgIpc) is 3.39. The lowest BCUT2D eigenvalue weighted by Gasteiger charge is -2.28. The predicted molar refractivity (Wildman–Crippen MR) is 151 cm³/mol. The molecule has 4 aromatic rings. The minimum Gasteiger partial charge on any atom is -0.495 e. The summed E-state index contributed by atoms with van der Waals surface area (Å²) in [6, 6.07) is 22.4. The van der Waals surface area contributed by atoms with Gasteiger partial charge in [-0.2, -0.15) is 0 Å². The van der Waals surface area contributed by atoms with E-state index < -0.39 is 0 Å². The van der Waals surface area contributed by atoms with Crippen molar-refractivity contribution in [2.45, 2.75) is 39.3 Å². The van der Waals surface area contributed by atoms with Crippen molar-refractivity contribution in [1.82, 2.24) is 14.9 Å². The highest BCUT2D eigenvalue weighted by atomic mass is 35.5. The van der Waals surface area contributed by atoms with Gasteiger partial charge in [0.1, 0.15) is 5.75 Å². The van der Waals surface area contributed by atoms with Gasteiger partial charge in [-0.25, -0.2) is 0 Å². The second kappa shape index (κ2) is 9.96. The van der Waals surface area contributed by atoms with Crippen molar-refractivity contribution in [3.63, 3.8) is 0 Å². The highest BCUT2D eigenvalue weighted by Crippen LogP contribution is 2.45. The van der Waals surface area contributed by atoms with Crippen molar-refractivity contribution in [3.8, 4) is 11.4 Å². The first-order valence-electron chi connectivity index (χ1n) is 12.1. The number of anilines is 1. The molecular weight excluding hydrogens is 488 g/mol. The minimum atomic E-state index is -0.130. The molecule has 1 N–H and O–H groups in total. The first kappa shape index (κ1) is 24.3. The van der Waals surface area contributed by atoms with Crippen LogP contribution in [0.5, 0.6) is 5.75 Å². The van der Waals surface area contributed by atoms with Crippen LogP contribution in [0.2, 0.25) is 5.02 Å². The van der Waals surface area contributed by atoms with E-state index in [9.17, 15) is 0 Å². The maximum absolute atomic E-state index is 6.55. The summed E-state index contributed by atoms with van der Waals surface area (Å²) in [5.74, 6) is 0.630. The summed E-state index contributed by atoms with van der Waals surface area (Å²) < 4.78 is 7.74. The summed E-state index contributed by atoms with van der Waals surface area (Å²) in [4.78, 5) is 6.84. The number of benzene rings is 2. The molecule has 2 atom stereocenters. The lowest BCUT2D eigenvalue weighted by molar-refractivity contribution is 0.415. The summed E-state index contributed by atoms with van der Waals surface area (Å²) in [7, 11) is 1.62. The molecule has 1 aliphatic rings. The number of rotatable bonds is 6. The number of thiocarbonyl (C=S) groups is 1. The first-order chi connectivity index (χ1) is 17.4. The first-order valence-corrected chi connectivity index (χ1v) is 12.8. The molecule has 0 aliphatic carbocycles. The van der Waals surface area contributed by atoms with Crippen molar-refractivity contribution in [1.29, 1.82) is 0 Å². The maximum Gasteiger partial charge on any atom is 0.174 e. The van der Waals surface area contributed by atoms with Crippen molar-refractivity contribution >= 4 is 34.6 Å². The molecule has 7 heteroatoms. The van der Waals surface area contributed by atoms with Crippen molar-refractivity contribution in [3.05, 3.63) is 106 Å². The monoisotopic (exact) mass is 516 g/mol. The molecule has 36 heavy (non-hydrogen) atoms.